The first-order valence-corrected chi connectivity index (χ1v) is 6.68. The predicted octanol–water partition coefficient (Wildman–Crippen LogP) is 2.86. The third-order valence-electron chi connectivity index (χ3n) is 3.63. The second kappa shape index (κ2) is 4.81. The summed E-state index contributed by atoms with van der Waals surface area (Å²) < 4.78 is 18.7. The highest BCUT2D eigenvalue weighted by Crippen LogP contribution is 2.22. The summed E-state index contributed by atoms with van der Waals surface area (Å²) in [7, 11) is 0. The molecule has 3 rings (SSSR count). The number of oxazole rings is 1. The molecule has 1 fully saturated rings. The first-order chi connectivity index (χ1) is 9.11. The Hall–Kier alpha value is -1.62. The van der Waals surface area contributed by atoms with Crippen molar-refractivity contribution in [3.8, 4) is 0 Å². The van der Waals surface area contributed by atoms with E-state index in [2.05, 4.69) is 29.0 Å². The number of benzene rings is 1. The van der Waals surface area contributed by atoms with E-state index in [4.69, 9.17) is 4.42 Å². The van der Waals surface area contributed by atoms with Gasteiger partial charge in [-0.05, 0) is 32.4 Å². The van der Waals surface area contributed by atoms with Crippen molar-refractivity contribution < 1.29 is 8.81 Å². The highest BCUT2D eigenvalue weighted by atomic mass is 19.1. The van der Waals surface area contributed by atoms with E-state index in [0.717, 1.165) is 19.5 Å². The summed E-state index contributed by atoms with van der Waals surface area (Å²) in [6.45, 7) is 6.48. The number of anilines is 1. The van der Waals surface area contributed by atoms with Crippen LogP contribution in [-0.2, 0) is 0 Å². The van der Waals surface area contributed by atoms with E-state index in [-0.39, 0.29) is 5.82 Å². The van der Waals surface area contributed by atoms with Crippen molar-refractivity contribution in [2.24, 2.45) is 0 Å². The van der Waals surface area contributed by atoms with Crippen molar-refractivity contribution >= 4 is 17.1 Å². The second-order valence-corrected chi connectivity index (χ2v) is 5.35. The number of hydrogen-bond donors (Lipinski definition) is 1. The maximum absolute atomic E-state index is 13.1. The SMILES string of the molecule is CC(C)N1CCC(Nc2nc3cc(F)ccc3o2)C1. The summed E-state index contributed by atoms with van der Waals surface area (Å²) in [4.78, 5) is 6.69. The highest BCUT2D eigenvalue weighted by molar-refractivity contribution is 5.74. The van der Waals surface area contributed by atoms with Gasteiger partial charge in [0.15, 0.2) is 5.58 Å². The van der Waals surface area contributed by atoms with Gasteiger partial charge < -0.3 is 9.73 Å². The van der Waals surface area contributed by atoms with E-state index in [1.54, 1.807) is 6.07 Å². The molecule has 102 valence electrons. The van der Waals surface area contributed by atoms with Crippen LogP contribution in [-0.4, -0.2) is 35.1 Å². The molecule has 0 radical (unpaired) electrons. The van der Waals surface area contributed by atoms with Crippen molar-refractivity contribution in [2.75, 3.05) is 18.4 Å². The Bertz CT molecular complexity index is 581. The predicted molar refractivity (Wildman–Crippen MR) is 72.7 cm³/mol. The lowest BCUT2D eigenvalue weighted by molar-refractivity contribution is 0.274. The molecule has 1 aromatic heterocycles. The first kappa shape index (κ1) is 12.4. The zero-order chi connectivity index (χ0) is 13.4. The molecule has 0 bridgehead atoms. The van der Waals surface area contributed by atoms with Gasteiger partial charge in [-0.3, -0.25) is 4.90 Å². The van der Waals surface area contributed by atoms with E-state index in [9.17, 15) is 4.39 Å². The second-order valence-electron chi connectivity index (χ2n) is 5.35. The Balaban J connectivity index is 1.72. The average Bonchev–Trinajstić information content (AvgIpc) is 2.95. The normalized spacial score (nSPS) is 20.5. The van der Waals surface area contributed by atoms with Crippen LogP contribution in [0.15, 0.2) is 22.6 Å². The summed E-state index contributed by atoms with van der Waals surface area (Å²) in [6.07, 6.45) is 1.07. The van der Waals surface area contributed by atoms with Gasteiger partial charge >= 0.3 is 0 Å². The fraction of sp³-hybridized carbons (Fsp3) is 0.500. The first-order valence-electron chi connectivity index (χ1n) is 6.68. The minimum atomic E-state index is -0.292. The van der Waals surface area contributed by atoms with Crippen molar-refractivity contribution in [1.29, 1.82) is 0 Å². The lowest BCUT2D eigenvalue weighted by Gasteiger charge is -2.20. The van der Waals surface area contributed by atoms with E-state index in [1.807, 2.05) is 0 Å². The molecule has 2 heterocycles. The van der Waals surface area contributed by atoms with Crippen molar-refractivity contribution in [3.63, 3.8) is 0 Å². The van der Waals surface area contributed by atoms with Gasteiger partial charge in [0.1, 0.15) is 11.3 Å². The number of halogens is 1. The van der Waals surface area contributed by atoms with Gasteiger partial charge in [-0.25, -0.2) is 4.39 Å². The summed E-state index contributed by atoms with van der Waals surface area (Å²) in [5.74, 6) is -0.292. The summed E-state index contributed by atoms with van der Waals surface area (Å²) >= 11 is 0. The van der Waals surface area contributed by atoms with Gasteiger partial charge in [-0.15, -0.1) is 0 Å². The molecule has 19 heavy (non-hydrogen) atoms. The maximum atomic E-state index is 13.1. The molecule has 0 aliphatic carbocycles. The van der Waals surface area contributed by atoms with Crippen molar-refractivity contribution in [1.82, 2.24) is 9.88 Å². The molecule has 1 saturated heterocycles. The van der Waals surface area contributed by atoms with E-state index in [0.29, 0.717) is 29.2 Å². The van der Waals surface area contributed by atoms with E-state index >= 15 is 0 Å². The number of nitrogens with one attached hydrogen (secondary N) is 1. The lowest BCUT2D eigenvalue weighted by Crippen LogP contribution is -2.31. The molecular formula is C14H18FN3O. The quantitative estimate of drug-likeness (QED) is 0.924. The monoisotopic (exact) mass is 263 g/mol. The van der Waals surface area contributed by atoms with Gasteiger partial charge in [0.2, 0.25) is 0 Å². The molecular weight excluding hydrogens is 245 g/mol. The third-order valence-corrected chi connectivity index (χ3v) is 3.63. The maximum Gasteiger partial charge on any atom is 0.295 e. The number of rotatable bonds is 3. The Morgan fingerprint density at radius 3 is 3.05 bits per heavy atom. The fourth-order valence-electron chi connectivity index (χ4n) is 2.51. The molecule has 1 aliphatic heterocycles. The number of nitrogens with zero attached hydrogens (tertiary/aromatic N) is 2. The van der Waals surface area contributed by atoms with Crippen LogP contribution in [0.1, 0.15) is 20.3 Å². The van der Waals surface area contributed by atoms with Crippen LogP contribution in [0.4, 0.5) is 10.4 Å². The van der Waals surface area contributed by atoms with Crippen molar-refractivity contribution in [3.05, 3.63) is 24.0 Å². The molecule has 5 heteroatoms. The number of hydrogen-bond acceptors (Lipinski definition) is 4. The molecule has 1 aromatic carbocycles. The number of aromatic nitrogens is 1. The molecule has 1 atom stereocenters. The molecule has 1 aliphatic rings. The molecule has 2 aromatic rings. The lowest BCUT2D eigenvalue weighted by atomic mass is 10.3. The minimum Gasteiger partial charge on any atom is -0.424 e. The van der Waals surface area contributed by atoms with Gasteiger partial charge in [-0.1, -0.05) is 0 Å². The molecule has 0 amide bonds. The standard InChI is InChI=1S/C14H18FN3O/c1-9(2)18-6-5-11(8-18)16-14-17-12-7-10(15)3-4-13(12)19-14/h3-4,7,9,11H,5-6,8H2,1-2H3,(H,16,17). The van der Waals surface area contributed by atoms with Crippen LogP contribution in [0.5, 0.6) is 0 Å². The topological polar surface area (TPSA) is 41.3 Å². The van der Waals surface area contributed by atoms with Gasteiger partial charge in [0.25, 0.3) is 6.01 Å². The minimum absolute atomic E-state index is 0.292. The number of fused-ring (bicyclic) bond motifs is 1. The summed E-state index contributed by atoms with van der Waals surface area (Å²) in [5, 5.41) is 3.29. The molecule has 4 nitrogen and oxygen atoms in total. The zero-order valence-corrected chi connectivity index (χ0v) is 11.2. The van der Waals surface area contributed by atoms with Gasteiger partial charge in [0.05, 0.1) is 0 Å². The summed E-state index contributed by atoms with van der Waals surface area (Å²) in [5.41, 5.74) is 1.17. The highest BCUT2D eigenvalue weighted by Gasteiger charge is 2.25. The number of likely N-dealkylation sites (tertiary alicyclic amines) is 1. The molecule has 0 spiro atoms. The smallest absolute Gasteiger partial charge is 0.295 e. The largest absolute Gasteiger partial charge is 0.424 e. The summed E-state index contributed by atoms with van der Waals surface area (Å²) in [6, 6.07) is 5.77. The van der Waals surface area contributed by atoms with Crippen LogP contribution in [0.25, 0.3) is 11.1 Å². The average molecular weight is 263 g/mol. The van der Waals surface area contributed by atoms with Crippen LogP contribution in [0.2, 0.25) is 0 Å². The fourth-order valence-corrected chi connectivity index (χ4v) is 2.51. The van der Waals surface area contributed by atoms with Gasteiger partial charge in [-0.2, -0.15) is 4.98 Å². The van der Waals surface area contributed by atoms with Crippen LogP contribution >= 0.6 is 0 Å². The zero-order valence-electron chi connectivity index (χ0n) is 11.2. The van der Waals surface area contributed by atoms with Crippen LogP contribution < -0.4 is 5.32 Å². The third kappa shape index (κ3) is 2.56. The van der Waals surface area contributed by atoms with Gasteiger partial charge in [0, 0.05) is 31.2 Å². The Kier molecular flexibility index (Phi) is 3.14. The molecule has 0 saturated carbocycles. The Labute approximate surface area is 111 Å². The molecule has 1 N–H and O–H groups in total. The molecule has 1 unspecified atom stereocenters. The van der Waals surface area contributed by atoms with E-state index in [1.165, 1.54) is 12.1 Å². The van der Waals surface area contributed by atoms with E-state index < -0.39 is 0 Å². The Morgan fingerprint density at radius 1 is 1.47 bits per heavy atom. The van der Waals surface area contributed by atoms with Crippen molar-refractivity contribution in [2.45, 2.75) is 32.4 Å². The van der Waals surface area contributed by atoms with Crippen LogP contribution in [0.3, 0.4) is 0 Å². The Morgan fingerprint density at radius 2 is 2.32 bits per heavy atom. The van der Waals surface area contributed by atoms with Crippen LogP contribution in [0, 0.1) is 5.82 Å².